The third-order valence-corrected chi connectivity index (χ3v) is 5.74. The van der Waals surface area contributed by atoms with Gasteiger partial charge in [-0.3, -0.25) is 4.79 Å². The minimum atomic E-state index is 0.268. The van der Waals surface area contributed by atoms with Crippen molar-refractivity contribution >= 4 is 22.9 Å². The van der Waals surface area contributed by atoms with Gasteiger partial charge in [-0.15, -0.1) is 11.3 Å². The number of anilines is 1. The molecule has 1 aromatic heterocycles. The van der Waals surface area contributed by atoms with Crippen LogP contribution in [-0.2, 0) is 17.8 Å². The zero-order valence-electron chi connectivity index (χ0n) is 14.8. The summed E-state index contributed by atoms with van der Waals surface area (Å²) in [4.78, 5) is 18.4. The van der Waals surface area contributed by atoms with Crippen molar-refractivity contribution in [2.45, 2.75) is 46.2 Å². The molecule has 1 aliphatic rings. The van der Waals surface area contributed by atoms with E-state index in [0.29, 0.717) is 12.5 Å². The highest BCUT2D eigenvalue weighted by molar-refractivity contribution is 7.10. The Morgan fingerprint density at radius 1 is 1.25 bits per heavy atom. The van der Waals surface area contributed by atoms with Gasteiger partial charge in [-0.1, -0.05) is 17.7 Å². The number of benzene rings is 1. The maximum absolute atomic E-state index is 12.6. The van der Waals surface area contributed by atoms with Crippen molar-refractivity contribution < 1.29 is 4.79 Å². The van der Waals surface area contributed by atoms with Crippen molar-refractivity contribution in [1.82, 2.24) is 4.90 Å². The van der Waals surface area contributed by atoms with Crippen LogP contribution < -0.4 is 4.90 Å². The predicted molar refractivity (Wildman–Crippen MR) is 102 cm³/mol. The molecule has 128 valence electrons. The summed E-state index contributed by atoms with van der Waals surface area (Å²) in [5.74, 6) is 0.268. The Balaban J connectivity index is 1.60. The summed E-state index contributed by atoms with van der Waals surface area (Å²) in [5.41, 5.74) is 3.79. The summed E-state index contributed by atoms with van der Waals surface area (Å²) in [7, 11) is 0. The molecule has 0 unspecified atom stereocenters. The Kier molecular flexibility index (Phi) is 5.24. The molecule has 0 spiro atoms. The van der Waals surface area contributed by atoms with Crippen LogP contribution in [0.5, 0.6) is 0 Å². The number of hydrogen-bond acceptors (Lipinski definition) is 3. The molecule has 0 saturated carbocycles. The number of carbonyl (C=O) groups excluding carboxylic acids is 1. The van der Waals surface area contributed by atoms with Crippen molar-refractivity contribution in [2.24, 2.45) is 0 Å². The Hall–Kier alpha value is -1.81. The van der Waals surface area contributed by atoms with Crippen molar-refractivity contribution in [3.05, 3.63) is 51.7 Å². The van der Waals surface area contributed by atoms with Gasteiger partial charge in [0.25, 0.3) is 0 Å². The molecule has 1 amide bonds. The van der Waals surface area contributed by atoms with Crippen LogP contribution in [0.1, 0.15) is 36.3 Å². The summed E-state index contributed by atoms with van der Waals surface area (Å²) < 4.78 is 0. The van der Waals surface area contributed by atoms with Crippen molar-refractivity contribution in [3.8, 4) is 0 Å². The van der Waals surface area contributed by atoms with Gasteiger partial charge >= 0.3 is 0 Å². The van der Waals surface area contributed by atoms with Gasteiger partial charge < -0.3 is 9.80 Å². The molecular weight excluding hydrogens is 316 g/mol. The first kappa shape index (κ1) is 17.0. The Bertz CT molecular complexity index is 690. The highest BCUT2D eigenvalue weighted by Crippen LogP contribution is 2.25. The second kappa shape index (κ2) is 7.39. The van der Waals surface area contributed by atoms with E-state index < -0.39 is 0 Å². The maximum atomic E-state index is 12.6. The number of thiophene rings is 1. The lowest BCUT2D eigenvalue weighted by atomic mass is 10.1. The topological polar surface area (TPSA) is 23.6 Å². The highest BCUT2D eigenvalue weighted by atomic mass is 32.1. The molecule has 24 heavy (non-hydrogen) atoms. The van der Waals surface area contributed by atoms with Crippen molar-refractivity contribution in [3.63, 3.8) is 0 Å². The molecule has 2 heterocycles. The van der Waals surface area contributed by atoms with Crippen molar-refractivity contribution in [1.29, 1.82) is 0 Å². The maximum Gasteiger partial charge on any atom is 0.224 e. The zero-order chi connectivity index (χ0) is 17.1. The third-order valence-electron chi connectivity index (χ3n) is 4.72. The number of rotatable bonds is 5. The van der Waals surface area contributed by atoms with Crippen LogP contribution in [0.3, 0.4) is 0 Å². The molecule has 4 heteroatoms. The van der Waals surface area contributed by atoms with Gasteiger partial charge in [0.1, 0.15) is 0 Å². The van der Waals surface area contributed by atoms with E-state index in [1.807, 2.05) is 16.2 Å². The fraction of sp³-hybridized carbons (Fsp3) is 0.450. The molecule has 0 radical (unpaired) electrons. The van der Waals surface area contributed by atoms with Crippen LogP contribution in [0.15, 0.2) is 35.7 Å². The first-order valence-electron chi connectivity index (χ1n) is 8.71. The molecule has 3 rings (SSSR count). The molecule has 2 aromatic rings. The second-order valence-electron chi connectivity index (χ2n) is 6.81. The SMILES string of the molecule is Cc1ccc(N(CCC(=O)N2CCc3sccc3C2)C(C)C)cc1. The lowest BCUT2D eigenvalue weighted by Gasteiger charge is -2.31. The first-order chi connectivity index (χ1) is 11.5. The molecule has 0 saturated heterocycles. The summed E-state index contributed by atoms with van der Waals surface area (Å²) in [6.07, 6.45) is 1.58. The monoisotopic (exact) mass is 342 g/mol. The van der Waals surface area contributed by atoms with Crippen LogP contribution in [0.4, 0.5) is 5.69 Å². The normalized spacial score (nSPS) is 13.9. The van der Waals surface area contributed by atoms with E-state index in [1.54, 1.807) is 0 Å². The molecular formula is C20H26N2OS. The number of aryl methyl sites for hydroxylation is 1. The van der Waals surface area contributed by atoms with Gasteiger partial charge in [-0.2, -0.15) is 0 Å². The number of fused-ring (bicyclic) bond motifs is 1. The quantitative estimate of drug-likeness (QED) is 0.811. The summed E-state index contributed by atoms with van der Waals surface area (Å²) >= 11 is 1.81. The van der Waals surface area contributed by atoms with E-state index in [9.17, 15) is 4.79 Å². The molecule has 3 nitrogen and oxygen atoms in total. The average molecular weight is 343 g/mol. The predicted octanol–water partition coefficient (Wildman–Crippen LogP) is 4.25. The van der Waals surface area contributed by atoms with Gasteiger partial charge in [0.15, 0.2) is 0 Å². The zero-order valence-corrected chi connectivity index (χ0v) is 15.6. The minimum Gasteiger partial charge on any atom is -0.369 e. The molecule has 0 bridgehead atoms. The standard InChI is InChI=1S/C20H26N2OS/c1-15(2)22(18-6-4-16(3)5-7-18)12-9-20(23)21-11-8-19-17(14-21)10-13-24-19/h4-7,10,13,15H,8-9,11-12,14H2,1-3H3. The van der Waals surface area contributed by atoms with Crippen molar-refractivity contribution in [2.75, 3.05) is 18.0 Å². The van der Waals surface area contributed by atoms with Gasteiger partial charge in [0.2, 0.25) is 5.91 Å². The second-order valence-corrected chi connectivity index (χ2v) is 7.81. The van der Waals surface area contributed by atoms with E-state index in [4.69, 9.17) is 0 Å². The lowest BCUT2D eigenvalue weighted by molar-refractivity contribution is -0.131. The smallest absolute Gasteiger partial charge is 0.224 e. The molecule has 1 aromatic carbocycles. The molecule has 1 aliphatic heterocycles. The summed E-state index contributed by atoms with van der Waals surface area (Å²) in [5, 5.41) is 2.14. The first-order valence-corrected chi connectivity index (χ1v) is 9.59. The molecule has 0 atom stereocenters. The minimum absolute atomic E-state index is 0.268. The van der Waals surface area contributed by atoms with Crippen LogP contribution in [0.25, 0.3) is 0 Å². The lowest BCUT2D eigenvalue weighted by Crippen LogP contribution is -2.39. The van der Waals surface area contributed by atoms with Crippen LogP contribution >= 0.6 is 11.3 Å². The Labute approximate surface area is 148 Å². The van der Waals surface area contributed by atoms with Crippen LogP contribution in [-0.4, -0.2) is 29.9 Å². The van der Waals surface area contributed by atoms with E-state index in [1.165, 1.54) is 21.7 Å². The van der Waals surface area contributed by atoms with E-state index in [0.717, 1.165) is 26.1 Å². The van der Waals surface area contributed by atoms with E-state index in [2.05, 4.69) is 61.4 Å². The number of carbonyl (C=O) groups is 1. The number of hydrogen-bond donors (Lipinski definition) is 0. The third kappa shape index (κ3) is 3.81. The fourth-order valence-corrected chi connectivity index (χ4v) is 4.15. The largest absolute Gasteiger partial charge is 0.369 e. The molecule has 0 N–H and O–H groups in total. The summed E-state index contributed by atoms with van der Waals surface area (Å²) in [6.45, 7) is 8.88. The number of nitrogens with zero attached hydrogens (tertiary/aromatic N) is 2. The number of amides is 1. The average Bonchev–Trinajstić information content (AvgIpc) is 3.03. The van der Waals surface area contributed by atoms with Gasteiger partial charge in [-0.25, -0.2) is 0 Å². The molecule has 0 fully saturated rings. The Morgan fingerprint density at radius 2 is 2.00 bits per heavy atom. The Morgan fingerprint density at radius 3 is 2.71 bits per heavy atom. The van der Waals surface area contributed by atoms with Crippen LogP contribution in [0, 0.1) is 6.92 Å². The van der Waals surface area contributed by atoms with Gasteiger partial charge in [0.05, 0.1) is 0 Å². The highest BCUT2D eigenvalue weighted by Gasteiger charge is 2.22. The summed E-state index contributed by atoms with van der Waals surface area (Å²) in [6, 6.07) is 11.1. The fourth-order valence-electron chi connectivity index (χ4n) is 3.26. The van der Waals surface area contributed by atoms with Gasteiger partial charge in [-0.05, 0) is 56.3 Å². The van der Waals surface area contributed by atoms with Crippen LogP contribution in [0.2, 0.25) is 0 Å². The van der Waals surface area contributed by atoms with E-state index >= 15 is 0 Å². The van der Waals surface area contributed by atoms with Gasteiger partial charge in [0, 0.05) is 42.7 Å². The van der Waals surface area contributed by atoms with E-state index in [-0.39, 0.29) is 5.91 Å². The molecule has 0 aliphatic carbocycles.